The van der Waals surface area contributed by atoms with Crippen LogP contribution in [0, 0.1) is 6.92 Å². The number of nitrogens with two attached hydrogens (primary N) is 1. The molecule has 0 amide bonds. The summed E-state index contributed by atoms with van der Waals surface area (Å²) in [6, 6.07) is 9.11. The summed E-state index contributed by atoms with van der Waals surface area (Å²) < 4.78 is 17.5. The average molecular weight is 276 g/mol. The van der Waals surface area contributed by atoms with Crippen molar-refractivity contribution in [3.8, 4) is 5.88 Å². The van der Waals surface area contributed by atoms with E-state index in [-0.39, 0.29) is 0 Å². The van der Waals surface area contributed by atoms with Crippen molar-refractivity contribution >= 4 is 16.5 Å². The smallest absolute Gasteiger partial charge is 0.217 e. The van der Waals surface area contributed by atoms with Gasteiger partial charge in [0.15, 0.2) is 0 Å². The van der Waals surface area contributed by atoms with E-state index in [2.05, 4.69) is 4.98 Å². The van der Waals surface area contributed by atoms with Gasteiger partial charge in [-0.3, -0.25) is 4.21 Å². The molecule has 19 heavy (non-hydrogen) atoms. The number of aromatic nitrogens is 1. The molecule has 4 nitrogen and oxygen atoms in total. The van der Waals surface area contributed by atoms with Crippen molar-refractivity contribution in [2.24, 2.45) is 0 Å². The van der Waals surface area contributed by atoms with Gasteiger partial charge in [-0.05, 0) is 36.8 Å². The first-order chi connectivity index (χ1) is 9.11. The van der Waals surface area contributed by atoms with Gasteiger partial charge in [0.2, 0.25) is 5.88 Å². The number of anilines is 1. The topological polar surface area (TPSA) is 65.2 Å². The fraction of sp³-hybridized carbons (Fsp3) is 0.214. The molecular formula is C14H16N2O2S. The molecule has 1 aromatic carbocycles. The van der Waals surface area contributed by atoms with Crippen molar-refractivity contribution in [2.75, 3.05) is 12.8 Å². The molecule has 0 aliphatic carbocycles. The van der Waals surface area contributed by atoms with Crippen LogP contribution in [0.15, 0.2) is 41.4 Å². The summed E-state index contributed by atoms with van der Waals surface area (Å²) in [5.74, 6) is 0.892. The zero-order chi connectivity index (χ0) is 13.8. The molecule has 0 saturated carbocycles. The molecular weight excluding hydrogens is 260 g/mol. The molecule has 5 heteroatoms. The fourth-order valence-corrected chi connectivity index (χ4v) is 2.93. The van der Waals surface area contributed by atoms with Crippen molar-refractivity contribution in [1.82, 2.24) is 4.98 Å². The summed E-state index contributed by atoms with van der Waals surface area (Å²) in [6.07, 6.45) is 1.65. The van der Waals surface area contributed by atoms with E-state index in [1.54, 1.807) is 25.4 Å². The number of hydrogen-bond donors (Lipinski definition) is 1. The van der Waals surface area contributed by atoms with Gasteiger partial charge < -0.3 is 10.5 Å². The lowest BCUT2D eigenvalue weighted by Crippen LogP contribution is -2.01. The Morgan fingerprint density at radius 3 is 2.84 bits per heavy atom. The highest BCUT2D eigenvalue weighted by Crippen LogP contribution is 2.21. The highest BCUT2D eigenvalue weighted by Gasteiger charge is 2.10. The number of aryl methyl sites for hydroxylation is 1. The Labute approximate surface area is 115 Å². The zero-order valence-electron chi connectivity index (χ0n) is 10.9. The Hall–Kier alpha value is -1.88. The van der Waals surface area contributed by atoms with Crippen molar-refractivity contribution in [2.45, 2.75) is 17.6 Å². The first-order valence-electron chi connectivity index (χ1n) is 5.84. The van der Waals surface area contributed by atoms with Crippen LogP contribution in [-0.2, 0) is 16.6 Å². The van der Waals surface area contributed by atoms with Crippen molar-refractivity contribution in [1.29, 1.82) is 0 Å². The maximum absolute atomic E-state index is 12.3. The van der Waals surface area contributed by atoms with E-state index in [0.717, 1.165) is 16.0 Å². The monoisotopic (exact) mass is 276 g/mol. The van der Waals surface area contributed by atoms with E-state index >= 15 is 0 Å². The number of rotatable bonds is 4. The Morgan fingerprint density at radius 2 is 2.16 bits per heavy atom. The molecule has 1 aromatic heterocycles. The lowest BCUT2D eigenvalue weighted by atomic mass is 10.2. The van der Waals surface area contributed by atoms with Crippen LogP contribution < -0.4 is 10.5 Å². The first kappa shape index (κ1) is 13.5. The molecule has 0 fully saturated rings. The van der Waals surface area contributed by atoms with Gasteiger partial charge in [-0.2, -0.15) is 0 Å². The van der Waals surface area contributed by atoms with Gasteiger partial charge in [0.1, 0.15) is 0 Å². The number of methoxy groups -OCH3 is 1. The minimum Gasteiger partial charge on any atom is -0.481 e. The highest BCUT2D eigenvalue weighted by molar-refractivity contribution is 7.84. The second-order valence-corrected chi connectivity index (χ2v) is 5.63. The number of nitrogen functional groups attached to an aromatic ring is 1. The van der Waals surface area contributed by atoms with Crippen LogP contribution in [0.5, 0.6) is 5.88 Å². The van der Waals surface area contributed by atoms with E-state index in [9.17, 15) is 4.21 Å². The average Bonchev–Trinajstić information content (AvgIpc) is 2.42. The first-order valence-corrected chi connectivity index (χ1v) is 7.16. The summed E-state index contributed by atoms with van der Waals surface area (Å²) in [5.41, 5.74) is 8.23. The number of ether oxygens (including phenoxy) is 1. The number of hydrogen-bond acceptors (Lipinski definition) is 4. The summed E-state index contributed by atoms with van der Waals surface area (Å²) in [6.45, 7) is 1.90. The Balaban J connectivity index is 2.23. The summed E-state index contributed by atoms with van der Waals surface area (Å²) >= 11 is 0. The van der Waals surface area contributed by atoms with E-state index in [0.29, 0.717) is 17.3 Å². The molecule has 2 aromatic rings. The molecule has 0 bridgehead atoms. The third kappa shape index (κ3) is 3.12. The molecule has 0 saturated heterocycles. The number of pyridine rings is 1. The molecule has 1 unspecified atom stereocenters. The summed E-state index contributed by atoms with van der Waals surface area (Å²) in [4.78, 5) is 4.86. The van der Waals surface area contributed by atoms with Gasteiger partial charge in [-0.25, -0.2) is 4.98 Å². The quantitative estimate of drug-likeness (QED) is 0.870. The van der Waals surface area contributed by atoms with E-state index in [1.807, 2.05) is 25.1 Å². The second kappa shape index (κ2) is 5.84. The van der Waals surface area contributed by atoms with Gasteiger partial charge in [0, 0.05) is 22.3 Å². The van der Waals surface area contributed by atoms with Gasteiger partial charge in [-0.1, -0.05) is 6.07 Å². The van der Waals surface area contributed by atoms with Crippen molar-refractivity contribution in [3.05, 3.63) is 47.7 Å². The predicted octanol–water partition coefficient (Wildman–Crippen LogP) is 2.29. The van der Waals surface area contributed by atoms with Crippen LogP contribution >= 0.6 is 0 Å². The van der Waals surface area contributed by atoms with Gasteiger partial charge in [-0.15, -0.1) is 0 Å². The maximum atomic E-state index is 12.3. The standard InChI is InChI=1S/C14H16N2O2S/c1-10-8-12(5-6-13(10)15)19(17)9-11-4-3-7-16-14(11)18-2/h3-8H,9,15H2,1-2H3. The van der Waals surface area contributed by atoms with Crippen LogP contribution in [0.25, 0.3) is 0 Å². The largest absolute Gasteiger partial charge is 0.481 e. The Bertz CT molecular complexity index is 614. The molecule has 1 heterocycles. The van der Waals surface area contributed by atoms with Crippen molar-refractivity contribution < 1.29 is 8.95 Å². The van der Waals surface area contributed by atoms with E-state index in [1.165, 1.54) is 0 Å². The normalized spacial score (nSPS) is 12.1. The van der Waals surface area contributed by atoms with Crippen molar-refractivity contribution in [3.63, 3.8) is 0 Å². The number of nitrogens with zero attached hydrogens (tertiary/aromatic N) is 1. The summed E-state index contributed by atoms with van der Waals surface area (Å²) in [7, 11) is 0.417. The minimum atomic E-state index is -1.14. The zero-order valence-corrected chi connectivity index (χ0v) is 11.7. The van der Waals surface area contributed by atoms with E-state index in [4.69, 9.17) is 10.5 Å². The molecule has 100 valence electrons. The Morgan fingerprint density at radius 1 is 1.37 bits per heavy atom. The fourth-order valence-electron chi connectivity index (χ4n) is 1.73. The minimum absolute atomic E-state index is 0.375. The van der Waals surface area contributed by atoms with Gasteiger partial charge in [0.25, 0.3) is 0 Å². The number of benzene rings is 1. The molecule has 0 radical (unpaired) electrons. The molecule has 2 rings (SSSR count). The lowest BCUT2D eigenvalue weighted by molar-refractivity contribution is 0.394. The molecule has 0 aliphatic heterocycles. The molecule has 0 spiro atoms. The van der Waals surface area contributed by atoms with Crippen LogP contribution in [0.3, 0.4) is 0 Å². The molecule has 0 aliphatic rings. The summed E-state index contributed by atoms with van der Waals surface area (Å²) in [5, 5.41) is 0. The predicted molar refractivity (Wildman–Crippen MR) is 76.5 cm³/mol. The van der Waals surface area contributed by atoms with Gasteiger partial charge in [0.05, 0.1) is 23.7 Å². The van der Waals surface area contributed by atoms with Crippen LogP contribution in [-0.4, -0.2) is 16.3 Å². The Kier molecular flexibility index (Phi) is 4.16. The van der Waals surface area contributed by atoms with Crippen LogP contribution in [0.4, 0.5) is 5.69 Å². The van der Waals surface area contributed by atoms with E-state index < -0.39 is 10.8 Å². The second-order valence-electron chi connectivity index (χ2n) is 4.18. The van der Waals surface area contributed by atoms with Gasteiger partial charge >= 0.3 is 0 Å². The third-order valence-electron chi connectivity index (χ3n) is 2.83. The van der Waals surface area contributed by atoms with Crippen LogP contribution in [0.1, 0.15) is 11.1 Å². The molecule has 1 atom stereocenters. The van der Waals surface area contributed by atoms with Crippen LogP contribution in [0.2, 0.25) is 0 Å². The third-order valence-corrected chi connectivity index (χ3v) is 4.19. The maximum Gasteiger partial charge on any atom is 0.217 e. The highest BCUT2D eigenvalue weighted by atomic mass is 32.2. The lowest BCUT2D eigenvalue weighted by Gasteiger charge is -2.08. The molecule has 2 N–H and O–H groups in total. The SMILES string of the molecule is COc1ncccc1CS(=O)c1ccc(N)c(C)c1.